The van der Waals surface area contributed by atoms with Crippen LogP contribution >= 0.6 is 0 Å². The van der Waals surface area contributed by atoms with Crippen LogP contribution < -0.4 is 10.6 Å². The van der Waals surface area contributed by atoms with Crippen LogP contribution in [0.4, 0.5) is 22.7 Å². The number of nitrogens with one attached hydrogen (secondary N) is 2. The summed E-state index contributed by atoms with van der Waals surface area (Å²) in [5.74, 6) is 0. The van der Waals surface area contributed by atoms with Crippen LogP contribution in [0.1, 0.15) is 12.5 Å². The molecule has 0 aromatic heterocycles. The quantitative estimate of drug-likeness (QED) is 0.257. The Labute approximate surface area is 207 Å². The molecule has 170 valence electrons. The van der Waals surface area contributed by atoms with E-state index in [0.29, 0.717) is 0 Å². The zero-order chi connectivity index (χ0) is 23.9. The van der Waals surface area contributed by atoms with Crippen molar-refractivity contribution in [1.82, 2.24) is 0 Å². The summed E-state index contributed by atoms with van der Waals surface area (Å²) in [6.07, 6.45) is 4.15. The molecule has 0 heterocycles. The molecule has 0 bridgehead atoms. The van der Waals surface area contributed by atoms with Crippen LogP contribution in [0.25, 0.3) is 28.3 Å². The Hall–Kier alpha value is -4.56. The second kappa shape index (κ2) is 10.6. The zero-order valence-corrected chi connectivity index (χ0v) is 19.8. The first-order valence-electron chi connectivity index (χ1n) is 11.9. The molecule has 5 aromatic carbocycles. The summed E-state index contributed by atoms with van der Waals surface area (Å²) in [5, 5.41) is 6.96. The van der Waals surface area contributed by atoms with Crippen molar-refractivity contribution in [1.29, 1.82) is 0 Å². The lowest BCUT2D eigenvalue weighted by Gasteiger charge is -2.10. The standard InChI is InChI=1S/C33H28N2/c1-2-6-25-9-17-30(18-10-25)34-31-21-13-28(14-22-31)29-15-23-33(24-16-29)35-32-19-11-27(12-20-32)26-7-4-3-5-8-26/h2-24,34-35H,1H3/b6-2+. The highest BCUT2D eigenvalue weighted by molar-refractivity contribution is 5.72. The smallest absolute Gasteiger partial charge is 0.0384 e. The minimum absolute atomic E-state index is 1.07. The number of benzene rings is 5. The Kier molecular flexibility index (Phi) is 6.72. The molecule has 0 saturated heterocycles. The van der Waals surface area contributed by atoms with Gasteiger partial charge in [0.15, 0.2) is 0 Å². The zero-order valence-electron chi connectivity index (χ0n) is 19.8. The van der Waals surface area contributed by atoms with Crippen molar-refractivity contribution in [3.8, 4) is 22.3 Å². The van der Waals surface area contributed by atoms with Gasteiger partial charge in [-0.3, -0.25) is 0 Å². The average molecular weight is 453 g/mol. The summed E-state index contributed by atoms with van der Waals surface area (Å²) in [5.41, 5.74) is 10.3. The fraction of sp³-hybridized carbons (Fsp3) is 0.0303. The van der Waals surface area contributed by atoms with Gasteiger partial charge in [-0.05, 0) is 83.3 Å². The maximum absolute atomic E-state index is 3.50. The van der Waals surface area contributed by atoms with Crippen LogP contribution in [0.3, 0.4) is 0 Å². The molecule has 2 N–H and O–H groups in total. The van der Waals surface area contributed by atoms with Gasteiger partial charge >= 0.3 is 0 Å². The Balaban J connectivity index is 1.21. The van der Waals surface area contributed by atoms with Crippen LogP contribution in [0.15, 0.2) is 133 Å². The Morgan fingerprint density at radius 2 is 0.743 bits per heavy atom. The predicted octanol–water partition coefficient (Wildman–Crippen LogP) is 9.54. The van der Waals surface area contributed by atoms with Gasteiger partial charge in [-0.1, -0.05) is 91.0 Å². The first-order valence-corrected chi connectivity index (χ1v) is 11.9. The van der Waals surface area contributed by atoms with Crippen LogP contribution in [-0.4, -0.2) is 0 Å². The second-order valence-corrected chi connectivity index (χ2v) is 8.47. The van der Waals surface area contributed by atoms with Crippen molar-refractivity contribution in [3.05, 3.63) is 139 Å². The molecule has 35 heavy (non-hydrogen) atoms. The molecule has 0 atom stereocenters. The van der Waals surface area contributed by atoms with Crippen LogP contribution in [0, 0.1) is 0 Å². The van der Waals surface area contributed by atoms with E-state index in [1.165, 1.54) is 27.8 Å². The highest BCUT2D eigenvalue weighted by atomic mass is 14.9. The largest absolute Gasteiger partial charge is 0.356 e. The summed E-state index contributed by atoms with van der Waals surface area (Å²) in [6, 6.07) is 44.5. The van der Waals surface area contributed by atoms with Gasteiger partial charge in [0.2, 0.25) is 0 Å². The first-order chi connectivity index (χ1) is 17.3. The van der Waals surface area contributed by atoms with Gasteiger partial charge in [-0.25, -0.2) is 0 Å². The van der Waals surface area contributed by atoms with E-state index in [0.717, 1.165) is 22.7 Å². The van der Waals surface area contributed by atoms with E-state index in [-0.39, 0.29) is 0 Å². The Bertz CT molecular complexity index is 1380. The maximum atomic E-state index is 3.50. The highest BCUT2D eigenvalue weighted by Crippen LogP contribution is 2.27. The molecule has 0 aliphatic rings. The molecule has 2 heteroatoms. The minimum Gasteiger partial charge on any atom is -0.356 e. The fourth-order valence-corrected chi connectivity index (χ4v) is 4.07. The molecule has 0 saturated carbocycles. The number of anilines is 4. The summed E-state index contributed by atoms with van der Waals surface area (Å²) < 4.78 is 0. The van der Waals surface area contributed by atoms with Gasteiger partial charge in [-0.2, -0.15) is 0 Å². The van der Waals surface area contributed by atoms with Crippen molar-refractivity contribution < 1.29 is 0 Å². The van der Waals surface area contributed by atoms with E-state index in [2.05, 4.69) is 138 Å². The molecule has 0 aliphatic heterocycles. The van der Waals surface area contributed by atoms with Crippen LogP contribution in [0.2, 0.25) is 0 Å². The van der Waals surface area contributed by atoms with E-state index in [9.17, 15) is 0 Å². The molecule has 5 aromatic rings. The third-order valence-corrected chi connectivity index (χ3v) is 5.94. The number of rotatable bonds is 7. The minimum atomic E-state index is 1.07. The molecule has 5 rings (SSSR count). The predicted molar refractivity (Wildman–Crippen MR) is 151 cm³/mol. The number of hydrogen-bond acceptors (Lipinski definition) is 2. The fourth-order valence-electron chi connectivity index (χ4n) is 4.07. The van der Waals surface area contributed by atoms with Gasteiger partial charge in [-0.15, -0.1) is 0 Å². The van der Waals surface area contributed by atoms with Gasteiger partial charge in [0.25, 0.3) is 0 Å². The first kappa shape index (κ1) is 22.2. The second-order valence-electron chi connectivity index (χ2n) is 8.47. The summed E-state index contributed by atoms with van der Waals surface area (Å²) in [6.45, 7) is 2.03. The molecule has 0 spiro atoms. The molecular formula is C33H28N2. The number of hydrogen-bond donors (Lipinski definition) is 2. The van der Waals surface area contributed by atoms with Crippen molar-refractivity contribution in [3.63, 3.8) is 0 Å². The topological polar surface area (TPSA) is 24.1 Å². The SMILES string of the molecule is C/C=C/c1ccc(Nc2ccc(-c3ccc(Nc4ccc(-c5ccccc5)cc4)cc3)cc2)cc1. The van der Waals surface area contributed by atoms with Crippen molar-refractivity contribution in [2.75, 3.05) is 10.6 Å². The monoisotopic (exact) mass is 452 g/mol. The molecule has 0 unspecified atom stereocenters. The van der Waals surface area contributed by atoms with Gasteiger partial charge in [0, 0.05) is 22.7 Å². The molecule has 0 fully saturated rings. The number of allylic oxidation sites excluding steroid dienone is 1. The van der Waals surface area contributed by atoms with Crippen LogP contribution in [0.5, 0.6) is 0 Å². The van der Waals surface area contributed by atoms with Crippen LogP contribution in [-0.2, 0) is 0 Å². The summed E-state index contributed by atoms with van der Waals surface area (Å²) in [4.78, 5) is 0. The van der Waals surface area contributed by atoms with E-state index in [1.807, 2.05) is 19.1 Å². The Morgan fingerprint density at radius 3 is 1.11 bits per heavy atom. The molecule has 0 aliphatic carbocycles. The van der Waals surface area contributed by atoms with E-state index >= 15 is 0 Å². The van der Waals surface area contributed by atoms with Crippen molar-refractivity contribution >= 4 is 28.8 Å². The van der Waals surface area contributed by atoms with Gasteiger partial charge in [0.05, 0.1) is 0 Å². The summed E-state index contributed by atoms with van der Waals surface area (Å²) in [7, 11) is 0. The molecule has 2 nitrogen and oxygen atoms in total. The van der Waals surface area contributed by atoms with Crippen molar-refractivity contribution in [2.45, 2.75) is 6.92 Å². The van der Waals surface area contributed by atoms with E-state index in [4.69, 9.17) is 0 Å². The molecule has 0 amide bonds. The third kappa shape index (κ3) is 5.69. The lowest BCUT2D eigenvalue weighted by molar-refractivity contribution is 1.52. The lowest BCUT2D eigenvalue weighted by Crippen LogP contribution is -1.91. The van der Waals surface area contributed by atoms with Gasteiger partial charge < -0.3 is 10.6 Å². The van der Waals surface area contributed by atoms with Gasteiger partial charge in [0.1, 0.15) is 0 Å². The van der Waals surface area contributed by atoms with E-state index in [1.54, 1.807) is 0 Å². The van der Waals surface area contributed by atoms with Crippen molar-refractivity contribution in [2.24, 2.45) is 0 Å². The van der Waals surface area contributed by atoms with E-state index < -0.39 is 0 Å². The average Bonchev–Trinajstić information content (AvgIpc) is 2.92. The Morgan fingerprint density at radius 1 is 0.400 bits per heavy atom. The normalized spacial score (nSPS) is 10.9. The highest BCUT2D eigenvalue weighted by Gasteiger charge is 2.02. The third-order valence-electron chi connectivity index (χ3n) is 5.94. The molecule has 0 radical (unpaired) electrons. The summed E-state index contributed by atoms with van der Waals surface area (Å²) >= 11 is 0. The molecular weight excluding hydrogens is 424 g/mol. The maximum Gasteiger partial charge on any atom is 0.0384 e. The lowest BCUT2D eigenvalue weighted by atomic mass is 10.0.